The molecular weight excluding hydrogens is 283 g/mol. The van der Waals surface area contributed by atoms with Crippen molar-refractivity contribution in [2.75, 3.05) is 6.54 Å². The number of aromatic nitrogens is 1. The summed E-state index contributed by atoms with van der Waals surface area (Å²) < 4.78 is 13.1. The zero-order valence-corrected chi connectivity index (χ0v) is 12.4. The number of aliphatic hydroxyl groups is 1. The molecule has 22 heavy (non-hydrogen) atoms. The summed E-state index contributed by atoms with van der Waals surface area (Å²) >= 11 is 0. The van der Waals surface area contributed by atoms with E-state index in [9.17, 15) is 14.3 Å². The largest absolute Gasteiger partial charge is 0.393 e. The number of fused-ring (bicyclic) bond motifs is 1. The van der Waals surface area contributed by atoms with Gasteiger partial charge in [-0.2, -0.15) is 0 Å². The van der Waals surface area contributed by atoms with Crippen LogP contribution >= 0.6 is 0 Å². The van der Waals surface area contributed by atoms with Crippen LogP contribution in [0.15, 0.2) is 24.4 Å². The van der Waals surface area contributed by atoms with Crippen molar-refractivity contribution < 1.29 is 14.3 Å². The van der Waals surface area contributed by atoms with Crippen molar-refractivity contribution in [2.45, 2.75) is 38.2 Å². The summed E-state index contributed by atoms with van der Waals surface area (Å²) in [6.45, 7) is 0.618. The second-order valence-corrected chi connectivity index (χ2v) is 6.17. The van der Waals surface area contributed by atoms with Gasteiger partial charge in [0.05, 0.1) is 12.5 Å². The van der Waals surface area contributed by atoms with Crippen LogP contribution in [0.1, 0.15) is 31.2 Å². The van der Waals surface area contributed by atoms with Crippen LogP contribution in [-0.4, -0.2) is 28.6 Å². The van der Waals surface area contributed by atoms with E-state index in [4.69, 9.17) is 0 Å². The molecule has 1 aliphatic carbocycles. The number of aromatic amines is 1. The van der Waals surface area contributed by atoms with Crippen molar-refractivity contribution in [3.63, 3.8) is 0 Å². The predicted molar refractivity (Wildman–Crippen MR) is 82.9 cm³/mol. The summed E-state index contributed by atoms with van der Waals surface area (Å²) in [6, 6.07) is 4.53. The fraction of sp³-hybridized carbons (Fsp3) is 0.471. The summed E-state index contributed by atoms with van der Waals surface area (Å²) in [4.78, 5) is 15.1. The summed E-state index contributed by atoms with van der Waals surface area (Å²) in [6.07, 6.45) is 5.54. The molecule has 4 nitrogen and oxygen atoms in total. The number of hydrogen-bond donors (Lipinski definition) is 3. The van der Waals surface area contributed by atoms with Gasteiger partial charge in [0.15, 0.2) is 0 Å². The van der Waals surface area contributed by atoms with Crippen molar-refractivity contribution in [3.8, 4) is 0 Å². The van der Waals surface area contributed by atoms with Gasteiger partial charge in [0.25, 0.3) is 0 Å². The molecule has 5 heteroatoms. The van der Waals surface area contributed by atoms with E-state index in [1.165, 1.54) is 12.1 Å². The van der Waals surface area contributed by atoms with Gasteiger partial charge >= 0.3 is 0 Å². The number of carbonyl (C=O) groups is 1. The molecule has 2 unspecified atom stereocenters. The topological polar surface area (TPSA) is 65.1 Å². The molecule has 0 aliphatic heterocycles. The molecular formula is C17H21FN2O2. The number of hydrogen-bond acceptors (Lipinski definition) is 2. The highest BCUT2D eigenvalue weighted by Gasteiger charge is 2.20. The number of halogens is 1. The molecule has 1 aromatic carbocycles. The molecule has 1 saturated carbocycles. The van der Waals surface area contributed by atoms with Crippen LogP contribution in [0.3, 0.4) is 0 Å². The van der Waals surface area contributed by atoms with Crippen LogP contribution in [0.5, 0.6) is 0 Å². The molecule has 1 amide bonds. The second-order valence-electron chi connectivity index (χ2n) is 6.17. The monoisotopic (exact) mass is 304 g/mol. The van der Waals surface area contributed by atoms with Gasteiger partial charge in [-0.1, -0.05) is 6.42 Å². The number of nitrogens with one attached hydrogen (secondary N) is 2. The first-order chi connectivity index (χ1) is 10.6. The Balaban J connectivity index is 1.56. The van der Waals surface area contributed by atoms with E-state index >= 15 is 0 Å². The quantitative estimate of drug-likeness (QED) is 0.812. The van der Waals surface area contributed by atoms with Gasteiger partial charge in [-0.05, 0) is 48.9 Å². The Morgan fingerprint density at radius 2 is 2.27 bits per heavy atom. The summed E-state index contributed by atoms with van der Waals surface area (Å²) in [5.41, 5.74) is 1.58. The minimum absolute atomic E-state index is 0.0368. The van der Waals surface area contributed by atoms with Gasteiger partial charge in [0, 0.05) is 23.6 Å². The molecule has 118 valence electrons. The van der Waals surface area contributed by atoms with Gasteiger partial charge in [0.2, 0.25) is 5.91 Å². The number of H-pyrrole nitrogens is 1. The Kier molecular flexibility index (Phi) is 4.43. The minimum Gasteiger partial charge on any atom is -0.393 e. The van der Waals surface area contributed by atoms with E-state index in [0.717, 1.165) is 36.6 Å². The van der Waals surface area contributed by atoms with Crippen LogP contribution in [0.4, 0.5) is 4.39 Å². The summed E-state index contributed by atoms with van der Waals surface area (Å²) in [7, 11) is 0. The van der Waals surface area contributed by atoms with E-state index in [1.807, 2.05) is 0 Å². The third-order valence-electron chi connectivity index (χ3n) is 4.42. The highest BCUT2D eigenvalue weighted by atomic mass is 19.1. The highest BCUT2D eigenvalue weighted by molar-refractivity contribution is 5.88. The van der Waals surface area contributed by atoms with Crippen molar-refractivity contribution in [1.29, 1.82) is 0 Å². The van der Waals surface area contributed by atoms with E-state index in [2.05, 4.69) is 10.3 Å². The molecule has 0 saturated heterocycles. The normalized spacial score (nSPS) is 21.9. The number of amides is 1. The Morgan fingerprint density at radius 1 is 1.41 bits per heavy atom. The van der Waals surface area contributed by atoms with E-state index in [1.54, 1.807) is 12.3 Å². The minimum atomic E-state index is -0.291. The third kappa shape index (κ3) is 3.47. The van der Waals surface area contributed by atoms with Gasteiger partial charge in [-0.3, -0.25) is 4.79 Å². The van der Waals surface area contributed by atoms with E-state index in [0.29, 0.717) is 18.0 Å². The van der Waals surface area contributed by atoms with Crippen LogP contribution in [0.25, 0.3) is 10.9 Å². The maximum absolute atomic E-state index is 13.1. The molecule has 1 aromatic heterocycles. The highest BCUT2D eigenvalue weighted by Crippen LogP contribution is 2.23. The standard InChI is InChI=1S/C17H21FN2O2/c18-13-4-5-15-12(10-19-16(15)8-13)7-17(22)20-9-11-2-1-3-14(21)6-11/h4-5,8,10-11,14,19,21H,1-3,6-7,9H2,(H,20,22). The lowest BCUT2D eigenvalue weighted by atomic mass is 9.87. The van der Waals surface area contributed by atoms with Gasteiger partial charge in [-0.25, -0.2) is 4.39 Å². The van der Waals surface area contributed by atoms with Gasteiger partial charge in [0.1, 0.15) is 5.82 Å². The zero-order chi connectivity index (χ0) is 15.5. The average molecular weight is 304 g/mol. The molecule has 1 heterocycles. The van der Waals surface area contributed by atoms with Crippen molar-refractivity contribution in [2.24, 2.45) is 5.92 Å². The fourth-order valence-corrected chi connectivity index (χ4v) is 3.25. The molecule has 1 fully saturated rings. The maximum atomic E-state index is 13.1. The fourth-order valence-electron chi connectivity index (χ4n) is 3.25. The number of aliphatic hydroxyl groups excluding tert-OH is 1. The summed E-state index contributed by atoms with van der Waals surface area (Å²) in [5.74, 6) is 0.0382. The first-order valence-corrected chi connectivity index (χ1v) is 7.82. The Bertz CT molecular complexity index is 668. The van der Waals surface area contributed by atoms with E-state index in [-0.39, 0.29) is 24.2 Å². The Hall–Kier alpha value is -1.88. The Labute approximate surface area is 128 Å². The molecule has 0 bridgehead atoms. The third-order valence-corrected chi connectivity index (χ3v) is 4.42. The van der Waals surface area contributed by atoms with Crippen LogP contribution in [0, 0.1) is 11.7 Å². The molecule has 0 radical (unpaired) electrons. The zero-order valence-electron chi connectivity index (χ0n) is 12.4. The first kappa shape index (κ1) is 15.0. The molecule has 3 N–H and O–H groups in total. The molecule has 2 atom stereocenters. The van der Waals surface area contributed by atoms with Crippen LogP contribution in [0.2, 0.25) is 0 Å². The van der Waals surface area contributed by atoms with Crippen molar-refractivity contribution in [3.05, 3.63) is 35.8 Å². The molecule has 1 aliphatic rings. The smallest absolute Gasteiger partial charge is 0.224 e. The van der Waals surface area contributed by atoms with Crippen LogP contribution in [-0.2, 0) is 11.2 Å². The SMILES string of the molecule is O=C(Cc1c[nH]c2cc(F)ccc12)NCC1CCCC(O)C1. The lowest BCUT2D eigenvalue weighted by Gasteiger charge is -2.25. The van der Waals surface area contributed by atoms with Crippen molar-refractivity contribution in [1.82, 2.24) is 10.3 Å². The second kappa shape index (κ2) is 6.48. The van der Waals surface area contributed by atoms with Crippen LogP contribution < -0.4 is 5.32 Å². The number of benzene rings is 1. The molecule has 0 spiro atoms. The predicted octanol–water partition coefficient (Wildman–Crippen LogP) is 2.52. The lowest BCUT2D eigenvalue weighted by Crippen LogP contribution is -2.33. The first-order valence-electron chi connectivity index (χ1n) is 7.82. The van der Waals surface area contributed by atoms with E-state index < -0.39 is 0 Å². The Morgan fingerprint density at radius 3 is 3.09 bits per heavy atom. The molecule has 2 aromatic rings. The maximum Gasteiger partial charge on any atom is 0.224 e. The lowest BCUT2D eigenvalue weighted by molar-refractivity contribution is -0.120. The number of rotatable bonds is 4. The summed E-state index contributed by atoms with van der Waals surface area (Å²) in [5, 5.41) is 13.5. The average Bonchev–Trinajstić information content (AvgIpc) is 2.87. The van der Waals surface area contributed by atoms with Crippen molar-refractivity contribution >= 4 is 16.8 Å². The number of carbonyl (C=O) groups excluding carboxylic acids is 1. The van der Waals surface area contributed by atoms with Gasteiger partial charge in [-0.15, -0.1) is 0 Å². The van der Waals surface area contributed by atoms with Gasteiger partial charge < -0.3 is 15.4 Å². The molecule has 3 rings (SSSR count).